The van der Waals surface area contributed by atoms with Crippen LogP contribution in [0, 0.1) is 0 Å². The SMILES string of the molecule is CCC(C)N1CCN(S(=O)(=O)c2ccccc2CN)CC1. The minimum atomic E-state index is -3.43. The first-order valence-corrected chi connectivity index (χ1v) is 8.97. The first kappa shape index (κ1) is 16.4. The molecule has 0 bridgehead atoms. The fourth-order valence-electron chi connectivity index (χ4n) is 2.71. The fraction of sp³-hybridized carbons (Fsp3) is 0.600. The Hall–Kier alpha value is -0.950. The molecule has 1 aliphatic heterocycles. The molecular weight excluding hydrogens is 286 g/mol. The van der Waals surface area contributed by atoms with Crippen molar-refractivity contribution in [1.29, 1.82) is 0 Å². The van der Waals surface area contributed by atoms with Crippen molar-refractivity contribution in [3.8, 4) is 0 Å². The van der Waals surface area contributed by atoms with E-state index >= 15 is 0 Å². The van der Waals surface area contributed by atoms with E-state index in [1.807, 2.05) is 6.07 Å². The maximum absolute atomic E-state index is 12.8. The Balaban J connectivity index is 2.15. The third-order valence-corrected chi connectivity index (χ3v) is 6.30. The van der Waals surface area contributed by atoms with Crippen LogP contribution in [0.5, 0.6) is 0 Å². The number of hydrogen-bond acceptors (Lipinski definition) is 4. The number of piperazine rings is 1. The van der Waals surface area contributed by atoms with Gasteiger partial charge in [-0.3, -0.25) is 4.90 Å². The van der Waals surface area contributed by atoms with Crippen molar-refractivity contribution in [2.24, 2.45) is 5.73 Å². The maximum atomic E-state index is 12.8. The lowest BCUT2D eigenvalue weighted by molar-refractivity contribution is 0.142. The molecule has 0 aromatic heterocycles. The molecule has 2 rings (SSSR count). The molecule has 1 fully saturated rings. The fourth-order valence-corrected chi connectivity index (χ4v) is 4.36. The van der Waals surface area contributed by atoms with Gasteiger partial charge in [-0.1, -0.05) is 25.1 Å². The zero-order valence-electron chi connectivity index (χ0n) is 12.8. The van der Waals surface area contributed by atoms with E-state index in [4.69, 9.17) is 5.73 Å². The van der Waals surface area contributed by atoms with Crippen molar-refractivity contribution in [1.82, 2.24) is 9.21 Å². The van der Waals surface area contributed by atoms with Crippen LogP contribution in [0.15, 0.2) is 29.2 Å². The average molecular weight is 311 g/mol. The number of hydrogen-bond donors (Lipinski definition) is 1. The maximum Gasteiger partial charge on any atom is 0.243 e. The van der Waals surface area contributed by atoms with Gasteiger partial charge in [0.2, 0.25) is 10.0 Å². The molecular formula is C15H25N3O2S. The van der Waals surface area contributed by atoms with Crippen LogP contribution in [0.25, 0.3) is 0 Å². The molecule has 1 heterocycles. The van der Waals surface area contributed by atoms with E-state index in [0.717, 1.165) is 19.5 Å². The Labute approximate surface area is 127 Å². The second kappa shape index (κ2) is 6.87. The van der Waals surface area contributed by atoms with Crippen LogP contribution in [0.2, 0.25) is 0 Å². The highest BCUT2D eigenvalue weighted by molar-refractivity contribution is 7.89. The number of rotatable bonds is 5. The van der Waals surface area contributed by atoms with Gasteiger partial charge in [0.05, 0.1) is 4.90 Å². The Morgan fingerprint density at radius 3 is 2.38 bits per heavy atom. The lowest BCUT2D eigenvalue weighted by Crippen LogP contribution is -2.51. The summed E-state index contributed by atoms with van der Waals surface area (Å²) >= 11 is 0. The minimum Gasteiger partial charge on any atom is -0.326 e. The molecule has 1 aromatic carbocycles. The van der Waals surface area contributed by atoms with Gasteiger partial charge in [0.1, 0.15) is 0 Å². The largest absolute Gasteiger partial charge is 0.326 e. The summed E-state index contributed by atoms with van der Waals surface area (Å²) in [5, 5.41) is 0. The summed E-state index contributed by atoms with van der Waals surface area (Å²) in [6, 6.07) is 7.51. The van der Waals surface area contributed by atoms with E-state index in [2.05, 4.69) is 18.7 Å². The van der Waals surface area contributed by atoms with Gasteiger partial charge in [0, 0.05) is 38.8 Å². The van der Waals surface area contributed by atoms with Gasteiger partial charge in [-0.15, -0.1) is 0 Å². The van der Waals surface area contributed by atoms with Crippen molar-refractivity contribution in [3.63, 3.8) is 0 Å². The summed E-state index contributed by atoms with van der Waals surface area (Å²) in [5.41, 5.74) is 6.35. The van der Waals surface area contributed by atoms with Gasteiger partial charge >= 0.3 is 0 Å². The summed E-state index contributed by atoms with van der Waals surface area (Å²) in [4.78, 5) is 2.70. The third-order valence-electron chi connectivity index (χ3n) is 4.30. The van der Waals surface area contributed by atoms with E-state index in [-0.39, 0.29) is 6.54 Å². The molecule has 0 amide bonds. The zero-order chi connectivity index (χ0) is 15.5. The van der Waals surface area contributed by atoms with Gasteiger partial charge < -0.3 is 5.73 Å². The number of nitrogens with two attached hydrogens (primary N) is 1. The topological polar surface area (TPSA) is 66.6 Å². The normalized spacial score (nSPS) is 19.6. The molecule has 1 atom stereocenters. The molecule has 1 unspecified atom stereocenters. The second-order valence-electron chi connectivity index (χ2n) is 5.51. The van der Waals surface area contributed by atoms with Crippen molar-refractivity contribution in [3.05, 3.63) is 29.8 Å². The Kier molecular flexibility index (Phi) is 5.37. The molecule has 0 saturated carbocycles. The van der Waals surface area contributed by atoms with Crippen LogP contribution >= 0.6 is 0 Å². The molecule has 0 radical (unpaired) electrons. The smallest absolute Gasteiger partial charge is 0.243 e. The summed E-state index contributed by atoms with van der Waals surface area (Å²) in [7, 11) is -3.43. The molecule has 6 heteroatoms. The lowest BCUT2D eigenvalue weighted by atomic mass is 10.2. The Bertz CT molecular complexity index is 566. The number of sulfonamides is 1. The molecule has 1 aliphatic rings. The molecule has 118 valence electrons. The van der Waals surface area contributed by atoms with Crippen LogP contribution in [-0.4, -0.2) is 49.8 Å². The van der Waals surface area contributed by atoms with Crippen LogP contribution in [0.1, 0.15) is 25.8 Å². The lowest BCUT2D eigenvalue weighted by Gasteiger charge is -2.37. The van der Waals surface area contributed by atoms with Gasteiger partial charge in [-0.25, -0.2) is 8.42 Å². The van der Waals surface area contributed by atoms with Crippen molar-refractivity contribution in [2.45, 2.75) is 37.8 Å². The van der Waals surface area contributed by atoms with E-state index < -0.39 is 10.0 Å². The first-order valence-electron chi connectivity index (χ1n) is 7.52. The molecule has 0 aliphatic carbocycles. The second-order valence-corrected chi connectivity index (χ2v) is 7.42. The van der Waals surface area contributed by atoms with E-state index in [9.17, 15) is 8.42 Å². The van der Waals surface area contributed by atoms with Crippen LogP contribution < -0.4 is 5.73 Å². The average Bonchev–Trinajstić information content (AvgIpc) is 2.54. The minimum absolute atomic E-state index is 0.238. The molecule has 1 saturated heterocycles. The van der Waals surface area contributed by atoms with E-state index in [1.54, 1.807) is 22.5 Å². The zero-order valence-corrected chi connectivity index (χ0v) is 13.6. The summed E-state index contributed by atoms with van der Waals surface area (Å²) < 4.78 is 27.1. The molecule has 5 nitrogen and oxygen atoms in total. The highest BCUT2D eigenvalue weighted by atomic mass is 32.2. The third kappa shape index (κ3) is 3.45. The monoisotopic (exact) mass is 311 g/mol. The Morgan fingerprint density at radius 1 is 1.19 bits per heavy atom. The predicted octanol–water partition coefficient (Wildman–Crippen LogP) is 1.25. The molecule has 21 heavy (non-hydrogen) atoms. The highest BCUT2D eigenvalue weighted by Gasteiger charge is 2.30. The van der Waals surface area contributed by atoms with Gasteiger partial charge in [0.25, 0.3) is 0 Å². The van der Waals surface area contributed by atoms with Crippen molar-refractivity contribution >= 4 is 10.0 Å². The summed E-state index contributed by atoms with van der Waals surface area (Å²) in [6.07, 6.45) is 1.09. The van der Waals surface area contributed by atoms with Gasteiger partial charge in [-0.05, 0) is 25.0 Å². The van der Waals surface area contributed by atoms with Crippen LogP contribution in [-0.2, 0) is 16.6 Å². The standard InChI is InChI=1S/C15H25N3O2S/c1-3-13(2)17-8-10-18(11-9-17)21(19,20)15-7-5-4-6-14(15)12-16/h4-7,13H,3,8-12,16H2,1-2H3. The van der Waals surface area contributed by atoms with Crippen LogP contribution in [0.3, 0.4) is 0 Å². The predicted molar refractivity (Wildman–Crippen MR) is 84.4 cm³/mol. The van der Waals surface area contributed by atoms with Crippen LogP contribution in [0.4, 0.5) is 0 Å². The molecule has 0 spiro atoms. The van der Waals surface area contributed by atoms with E-state index in [0.29, 0.717) is 29.6 Å². The number of nitrogens with zero attached hydrogens (tertiary/aromatic N) is 2. The van der Waals surface area contributed by atoms with Crippen molar-refractivity contribution < 1.29 is 8.42 Å². The van der Waals surface area contributed by atoms with Crippen molar-refractivity contribution in [2.75, 3.05) is 26.2 Å². The Morgan fingerprint density at radius 2 is 1.81 bits per heavy atom. The first-order chi connectivity index (χ1) is 10.0. The quantitative estimate of drug-likeness (QED) is 0.889. The van der Waals surface area contributed by atoms with Gasteiger partial charge in [-0.2, -0.15) is 4.31 Å². The summed E-state index contributed by atoms with van der Waals surface area (Å²) in [6.45, 7) is 7.26. The number of benzene rings is 1. The molecule has 1 aromatic rings. The summed E-state index contributed by atoms with van der Waals surface area (Å²) in [5.74, 6) is 0. The van der Waals surface area contributed by atoms with Gasteiger partial charge in [0.15, 0.2) is 0 Å². The highest BCUT2D eigenvalue weighted by Crippen LogP contribution is 2.22. The van der Waals surface area contributed by atoms with E-state index in [1.165, 1.54) is 0 Å². The molecule has 2 N–H and O–H groups in total.